The quantitative estimate of drug-likeness (QED) is 0.0546. The molecule has 0 aliphatic rings. The third kappa shape index (κ3) is 18.4. The van der Waals surface area contributed by atoms with Crippen molar-refractivity contribution in [2.45, 2.75) is 119 Å². The van der Waals surface area contributed by atoms with E-state index >= 15 is 0 Å². The van der Waals surface area contributed by atoms with E-state index < -0.39 is 10.0 Å². The molecule has 2 unspecified atom stereocenters. The summed E-state index contributed by atoms with van der Waals surface area (Å²) in [5, 5.41) is 12.0. The molecule has 0 amide bonds. The van der Waals surface area contributed by atoms with E-state index in [0.717, 1.165) is 16.8 Å². The van der Waals surface area contributed by atoms with E-state index in [2.05, 4.69) is 70.9 Å². The molecule has 1 aromatic rings. The SMILES string of the molecule is CCCCCCCCCCCCCCCCSC(I)C(CNS(=O)(=O)CCC[N+](C)(C)C)n1nnnc1C. The predicted molar refractivity (Wildman–Crippen MR) is 171 cm³/mol. The van der Waals surface area contributed by atoms with Crippen molar-refractivity contribution in [2.24, 2.45) is 0 Å². The molecule has 38 heavy (non-hydrogen) atoms. The smallest absolute Gasteiger partial charge is 0.211 e. The van der Waals surface area contributed by atoms with E-state index in [9.17, 15) is 8.42 Å². The monoisotopic (exact) mass is 687 g/mol. The normalized spacial score (nSPS) is 14.2. The second-order valence-corrected chi connectivity index (χ2v) is 17.0. The van der Waals surface area contributed by atoms with Crippen molar-refractivity contribution in [1.82, 2.24) is 24.9 Å². The van der Waals surface area contributed by atoms with Crippen molar-refractivity contribution in [3.63, 3.8) is 0 Å². The number of tetrazole rings is 1. The molecule has 0 spiro atoms. The molecule has 1 heterocycles. The lowest BCUT2D eigenvalue weighted by Crippen LogP contribution is -2.39. The molecule has 8 nitrogen and oxygen atoms in total. The van der Waals surface area contributed by atoms with E-state index in [-0.39, 0.29) is 15.1 Å². The van der Waals surface area contributed by atoms with Gasteiger partial charge in [-0.1, -0.05) is 113 Å². The number of sulfonamides is 1. The number of aryl methyl sites for hydroxylation is 1. The maximum absolute atomic E-state index is 12.6. The maximum atomic E-state index is 12.6. The summed E-state index contributed by atoms with van der Waals surface area (Å²) in [6.45, 7) is 5.27. The molecule has 0 aliphatic heterocycles. The lowest BCUT2D eigenvalue weighted by molar-refractivity contribution is -0.870. The van der Waals surface area contributed by atoms with Crippen molar-refractivity contribution < 1.29 is 12.9 Å². The van der Waals surface area contributed by atoms with Gasteiger partial charge in [0.2, 0.25) is 10.0 Å². The Kier molecular flexibility index (Phi) is 19.8. The van der Waals surface area contributed by atoms with Crippen molar-refractivity contribution >= 4 is 44.4 Å². The van der Waals surface area contributed by atoms with Crippen molar-refractivity contribution in [3.05, 3.63) is 5.82 Å². The molecular weight excluding hydrogens is 631 g/mol. The number of nitrogens with one attached hydrogen (secondary N) is 1. The number of nitrogens with zero attached hydrogens (tertiary/aromatic N) is 5. The fourth-order valence-corrected chi connectivity index (χ4v) is 7.88. The first-order chi connectivity index (χ1) is 18.1. The van der Waals surface area contributed by atoms with Gasteiger partial charge >= 0.3 is 0 Å². The van der Waals surface area contributed by atoms with Crippen molar-refractivity contribution in [3.8, 4) is 0 Å². The number of aromatic nitrogens is 4. The fourth-order valence-electron chi connectivity index (χ4n) is 4.45. The number of hydrogen-bond acceptors (Lipinski definition) is 6. The zero-order valence-corrected chi connectivity index (χ0v) is 28.6. The fraction of sp³-hybridized carbons (Fsp3) is 0.963. The molecule has 0 aliphatic carbocycles. The molecule has 0 saturated carbocycles. The lowest BCUT2D eigenvalue weighted by Gasteiger charge is -2.24. The molecule has 1 rings (SSSR count). The van der Waals surface area contributed by atoms with E-state index in [4.69, 9.17) is 0 Å². The molecule has 0 aromatic carbocycles. The summed E-state index contributed by atoms with van der Waals surface area (Å²) in [4.78, 5) is 0. The van der Waals surface area contributed by atoms with E-state index in [1.165, 1.54) is 89.9 Å². The van der Waals surface area contributed by atoms with Gasteiger partial charge in [-0.3, -0.25) is 0 Å². The summed E-state index contributed by atoms with van der Waals surface area (Å²) in [5.41, 5.74) is 0. The number of alkyl halides is 1. The first-order valence-electron chi connectivity index (χ1n) is 14.8. The van der Waals surface area contributed by atoms with Crippen LogP contribution >= 0.6 is 34.4 Å². The highest BCUT2D eigenvalue weighted by Gasteiger charge is 2.26. The average molecular weight is 688 g/mol. The molecule has 0 radical (unpaired) electrons. The zero-order valence-electron chi connectivity index (χ0n) is 24.8. The van der Waals surface area contributed by atoms with Crippen LogP contribution in [0.2, 0.25) is 0 Å². The first-order valence-corrected chi connectivity index (χ1v) is 18.8. The second kappa shape index (κ2) is 20.8. The molecule has 2 atom stereocenters. The Morgan fingerprint density at radius 3 is 1.89 bits per heavy atom. The van der Waals surface area contributed by atoms with Gasteiger partial charge in [-0.15, -0.1) is 16.9 Å². The Bertz CT molecular complexity index is 817. The number of halogens is 1. The van der Waals surface area contributed by atoms with Crippen LogP contribution in [-0.2, 0) is 10.0 Å². The third-order valence-corrected chi connectivity index (χ3v) is 11.3. The third-order valence-electron chi connectivity index (χ3n) is 6.80. The minimum atomic E-state index is -3.34. The van der Waals surface area contributed by atoms with Crippen LogP contribution in [0.3, 0.4) is 0 Å². The minimum Gasteiger partial charge on any atom is -0.331 e. The summed E-state index contributed by atoms with van der Waals surface area (Å²) >= 11 is 4.30. The Hall–Kier alpha value is 0.0200. The summed E-state index contributed by atoms with van der Waals surface area (Å²) in [6.07, 6.45) is 19.7. The highest BCUT2D eigenvalue weighted by molar-refractivity contribution is 14.1. The van der Waals surface area contributed by atoms with Crippen molar-refractivity contribution in [2.75, 3.05) is 45.7 Å². The molecule has 1 aromatic heterocycles. The van der Waals surface area contributed by atoms with Gasteiger partial charge in [0.05, 0.1) is 42.7 Å². The standard InChI is InChI=1S/C27H56IN6O2S2/c1-6-7-8-9-10-11-12-13-14-15-16-17-18-19-22-37-27(28)26(33-25(2)30-31-32-33)24-29-38(35,36)23-20-21-34(3,4)5/h26-27,29H,6-24H2,1-5H3/q+1. The van der Waals surface area contributed by atoms with E-state index in [1.807, 2.05) is 18.7 Å². The number of hydrogen-bond donors (Lipinski definition) is 1. The highest BCUT2D eigenvalue weighted by Crippen LogP contribution is 2.30. The molecular formula is C27H56IN6O2S2+. The maximum Gasteiger partial charge on any atom is 0.211 e. The van der Waals surface area contributed by atoms with E-state index in [0.29, 0.717) is 18.8 Å². The Morgan fingerprint density at radius 1 is 0.895 bits per heavy atom. The number of thioether (sulfide) groups is 1. The van der Waals surface area contributed by atoms with Gasteiger partial charge in [0, 0.05) is 13.0 Å². The largest absolute Gasteiger partial charge is 0.331 e. The molecule has 0 saturated heterocycles. The molecule has 0 bridgehead atoms. The van der Waals surface area contributed by atoms with Crippen LogP contribution < -0.4 is 4.72 Å². The van der Waals surface area contributed by atoms with Gasteiger partial charge in [-0.25, -0.2) is 17.8 Å². The van der Waals surface area contributed by atoms with Gasteiger partial charge in [-0.05, 0) is 29.5 Å². The van der Waals surface area contributed by atoms with Crippen LogP contribution in [0, 0.1) is 6.92 Å². The molecule has 1 N–H and O–H groups in total. The average Bonchev–Trinajstić information content (AvgIpc) is 3.26. The predicted octanol–water partition coefficient (Wildman–Crippen LogP) is 6.51. The molecule has 11 heteroatoms. The molecule has 0 fully saturated rings. The van der Waals surface area contributed by atoms with Gasteiger partial charge in [0.1, 0.15) is 5.82 Å². The van der Waals surface area contributed by atoms with Crippen molar-refractivity contribution in [1.29, 1.82) is 0 Å². The summed E-state index contributed by atoms with van der Waals surface area (Å²) in [5.74, 6) is 1.92. The van der Waals surface area contributed by atoms with Gasteiger partial charge < -0.3 is 4.48 Å². The summed E-state index contributed by atoms with van der Waals surface area (Å²) in [7, 11) is 2.89. The minimum absolute atomic E-state index is 0.129. The Balaban J connectivity index is 2.26. The van der Waals surface area contributed by atoms with Crippen LogP contribution in [0.5, 0.6) is 0 Å². The van der Waals surface area contributed by atoms with Gasteiger partial charge in [-0.2, -0.15) is 0 Å². The van der Waals surface area contributed by atoms with Crippen LogP contribution in [0.25, 0.3) is 0 Å². The van der Waals surface area contributed by atoms with Crippen LogP contribution in [0.1, 0.15) is 115 Å². The number of quaternary nitrogens is 1. The van der Waals surface area contributed by atoms with Crippen LogP contribution in [0.15, 0.2) is 0 Å². The van der Waals surface area contributed by atoms with E-state index in [1.54, 1.807) is 4.68 Å². The molecule has 224 valence electrons. The van der Waals surface area contributed by atoms with Gasteiger partial charge in [0.15, 0.2) is 0 Å². The lowest BCUT2D eigenvalue weighted by atomic mass is 10.0. The van der Waals surface area contributed by atoms with Gasteiger partial charge in [0.25, 0.3) is 0 Å². The summed E-state index contributed by atoms with van der Waals surface area (Å²) < 4.78 is 30.8. The number of rotatable bonds is 25. The van der Waals surface area contributed by atoms with Crippen LogP contribution in [0.4, 0.5) is 0 Å². The first kappa shape index (κ1) is 36.0. The zero-order chi connectivity index (χ0) is 28.3. The highest BCUT2D eigenvalue weighted by atomic mass is 127. The Labute approximate surface area is 252 Å². The summed E-state index contributed by atoms with van der Waals surface area (Å²) in [6, 6.07) is -0.129. The Morgan fingerprint density at radius 2 is 1.42 bits per heavy atom. The second-order valence-electron chi connectivity index (χ2n) is 11.6. The number of unbranched alkanes of at least 4 members (excludes halogenated alkanes) is 13. The topological polar surface area (TPSA) is 89.8 Å². The van der Waals surface area contributed by atoms with Crippen LogP contribution in [-0.4, -0.2) is 82.1 Å².